The van der Waals surface area contributed by atoms with Crippen molar-refractivity contribution in [2.75, 3.05) is 13.1 Å². The Morgan fingerprint density at radius 2 is 1.96 bits per heavy atom. The summed E-state index contributed by atoms with van der Waals surface area (Å²) in [6.45, 7) is 2.81. The molecule has 1 aromatic carbocycles. The Kier molecular flexibility index (Phi) is 4.44. The molecule has 2 heterocycles. The summed E-state index contributed by atoms with van der Waals surface area (Å²) in [5, 5.41) is 6.99. The van der Waals surface area contributed by atoms with Crippen LogP contribution in [-0.2, 0) is 4.79 Å². The summed E-state index contributed by atoms with van der Waals surface area (Å²) in [5.41, 5.74) is 0.659. The van der Waals surface area contributed by atoms with Gasteiger partial charge < -0.3 is 14.7 Å². The van der Waals surface area contributed by atoms with Gasteiger partial charge in [0.05, 0.1) is 12.0 Å². The summed E-state index contributed by atoms with van der Waals surface area (Å²) in [6.07, 6.45) is 2.56. The first-order valence-electron chi connectivity index (χ1n) is 9.06. The second-order valence-corrected chi connectivity index (χ2v) is 7.08. The van der Waals surface area contributed by atoms with Crippen LogP contribution in [0.3, 0.4) is 0 Å². The van der Waals surface area contributed by atoms with Crippen molar-refractivity contribution < 1.29 is 14.1 Å². The summed E-state index contributed by atoms with van der Waals surface area (Å²) in [6, 6.07) is 9.01. The Morgan fingerprint density at radius 1 is 1.19 bits per heavy atom. The maximum absolute atomic E-state index is 12.8. The van der Waals surface area contributed by atoms with Crippen LogP contribution in [0.4, 0.5) is 0 Å². The van der Waals surface area contributed by atoms with Gasteiger partial charge in [-0.3, -0.25) is 9.59 Å². The van der Waals surface area contributed by atoms with Crippen molar-refractivity contribution in [3.8, 4) is 0 Å². The number of aryl methyl sites for hydroxylation is 1. The van der Waals surface area contributed by atoms with E-state index >= 15 is 0 Å². The van der Waals surface area contributed by atoms with Crippen molar-refractivity contribution in [1.82, 2.24) is 20.4 Å². The van der Waals surface area contributed by atoms with Gasteiger partial charge in [0.2, 0.25) is 11.8 Å². The van der Waals surface area contributed by atoms with Crippen molar-refractivity contribution in [2.45, 2.75) is 38.1 Å². The number of carbonyl (C=O) groups excluding carboxylic acids is 2. The van der Waals surface area contributed by atoms with Crippen molar-refractivity contribution in [3.05, 3.63) is 47.6 Å². The Morgan fingerprint density at radius 3 is 2.62 bits per heavy atom. The van der Waals surface area contributed by atoms with Crippen molar-refractivity contribution in [1.29, 1.82) is 0 Å². The molecule has 2 amide bonds. The number of amides is 2. The summed E-state index contributed by atoms with van der Waals surface area (Å²) in [7, 11) is 0. The molecule has 7 heteroatoms. The molecule has 1 aliphatic heterocycles. The van der Waals surface area contributed by atoms with Crippen LogP contribution >= 0.6 is 0 Å². The highest BCUT2D eigenvalue weighted by atomic mass is 16.5. The Hall–Kier alpha value is -2.70. The molecule has 136 valence electrons. The monoisotopic (exact) mass is 354 g/mol. The zero-order chi connectivity index (χ0) is 18.1. The SMILES string of the molecule is Cc1noc([C@H]2CCN(C(=O)c3ccccc3)C[C@H]2NC(=O)C2CC2)n1. The molecule has 0 radical (unpaired) electrons. The highest BCUT2D eigenvalue weighted by Crippen LogP contribution is 2.32. The molecular formula is C19H22N4O3. The molecule has 0 spiro atoms. The van der Waals surface area contributed by atoms with E-state index in [4.69, 9.17) is 4.52 Å². The second kappa shape index (κ2) is 6.90. The second-order valence-electron chi connectivity index (χ2n) is 7.08. The van der Waals surface area contributed by atoms with Gasteiger partial charge in [0.1, 0.15) is 0 Å². The third kappa shape index (κ3) is 3.47. The number of hydrogen-bond acceptors (Lipinski definition) is 5. The lowest BCUT2D eigenvalue weighted by Gasteiger charge is -2.37. The van der Waals surface area contributed by atoms with Gasteiger partial charge in [-0.2, -0.15) is 4.98 Å². The third-order valence-corrected chi connectivity index (χ3v) is 5.06. The van der Waals surface area contributed by atoms with Gasteiger partial charge >= 0.3 is 0 Å². The van der Waals surface area contributed by atoms with Gasteiger partial charge in [-0.25, -0.2) is 0 Å². The van der Waals surface area contributed by atoms with Gasteiger partial charge in [0.25, 0.3) is 5.91 Å². The van der Waals surface area contributed by atoms with Gasteiger partial charge in [-0.05, 0) is 38.3 Å². The predicted molar refractivity (Wildman–Crippen MR) is 93.4 cm³/mol. The van der Waals surface area contributed by atoms with Crippen molar-refractivity contribution in [2.24, 2.45) is 5.92 Å². The van der Waals surface area contributed by atoms with E-state index in [-0.39, 0.29) is 29.7 Å². The van der Waals surface area contributed by atoms with E-state index in [2.05, 4.69) is 15.5 Å². The zero-order valence-electron chi connectivity index (χ0n) is 14.7. The number of nitrogens with zero attached hydrogens (tertiary/aromatic N) is 3. The van der Waals surface area contributed by atoms with E-state index in [0.29, 0.717) is 36.8 Å². The first-order valence-corrected chi connectivity index (χ1v) is 9.06. The molecule has 2 fully saturated rings. The molecular weight excluding hydrogens is 332 g/mol. The van der Waals surface area contributed by atoms with Crippen LogP contribution in [0.15, 0.2) is 34.9 Å². The van der Waals surface area contributed by atoms with Crippen molar-refractivity contribution >= 4 is 11.8 Å². The fourth-order valence-corrected chi connectivity index (χ4v) is 3.45. The molecule has 2 aromatic rings. The minimum absolute atomic E-state index is 0.0172. The number of aromatic nitrogens is 2. The minimum atomic E-state index is -0.218. The topological polar surface area (TPSA) is 88.3 Å². The average Bonchev–Trinajstić information content (AvgIpc) is 3.43. The largest absolute Gasteiger partial charge is 0.351 e. The average molecular weight is 354 g/mol. The summed E-state index contributed by atoms with van der Waals surface area (Å²) < 4.78 is 5.36. The van der Waals surface area contributed by atoms with E-state index in [9.17, 15) is 9.59 Å². The van der Waals surface area contributed by atoms with Gasteiger partial charge in [-0.1, -0.05) is 23.4 Å². The van der Waals surface area contributed by atoms with Gasteiger partial charge in [0, 0.05) is 24.6 Å². The molecule has 2 atom stereocenters. The van der Waals surface area contributed by atoms with E-state index in [1.807, 2.05) is 30.3 Å². The van der Waals surface area contributed by atoms with E-state index in [0.717, 1.165) is 12.8 Å². The quantitative estimate of drug-likeness (QED) is 0.906. The molecule has 4 rings (SSSR count). The van der Waals surface area contributed by atoms with Crippen LogP contribution in [0.2, 0.25) is 0 Å². The van der Waals surface area contributed by atoms with Crippen LogP contribution in [0.25, 0.3) is 0 Å². The van der Waals surface area contributed by atoms with Crippen molar-refractivity contribution in [3.63, 3.8) is 0 Å². The van der Waals surface area contributed by atoms with E-state index < -0.39 is 0 Å². The maximum Gasteiger partial charge on any atom is 0.253 e. The molecule has 1 N–H and O–H groups in total. The third-order valence-electron chi connectivity index (χ3n) is 5.06. The first-order chi connectivity index (χ1) is 12.6. The normalized spacial score (nSPS) is 22.9. The van der Waals surface area contributed by atoms with Crippen LogP contribution in [0.1, 0.15) is 47.3 Å². The highest BCUT2D eigenvalue weighted by molar-refractivity contribution is 5.94. The van der Waals surface area contributed by atoms with Crippen LogP contribution < -0.4 is 5.32 Å². The molecule has 1 saturated heterocycles. The molecule has 2 aliphatic rings. The van der Waals surface area contributed by atoms with Crippen LogP contribution in [-0.4, -0.2) is 46.0 Å². The molecule has 1 aromatic heterocycles. The Labute approximate surface area is 151 Å². The molecule has 1 saturated carbocycles. The predicted octanol–water partition coefficient (Wildman–Crippen LogP) is 1.90. The number of hydrogen-bond donors (Lipinski definition) is 1. The smallest absolute Gasteiger partial charge is 0.253 e. The van der Waals surface area contributed by atoms with E-state index in [1.165, 1.54) is 0 Å². The number of nitrogens with one attached hydrogen (secondary N) is 1. The van der Waals surface area contributed by atoms with E-state index in [1.54, 1.807) is 11.8 Å². The standard InChI is InChI=1S/C19H22N4O3/c1-12-20-18(26-22-12)15-9-10-23(19(25)14-5-3-2-4-6-14)11-16(15)21-17(24)13-7-8-13/h2-6,13,15-16H,7-11H2,1H3,(H,21,24)/t15-,16+/m0/s1. The maximum atomic E-state index is 12.8. The van der Waals surface area contributed by atoms with Gasteiger partial charge in [0.15, 0.2) is 5.82 Å². The lowest BCUT2D eigenvalue weighted by atomic mass is 9.90. The van der Waals surface area contributed by atoms with Crippen LogP contribution in [0, 0.1) is 12.8 Å². The molecule has 1 aliphatic carbocycles. The summed E-state index contributed by atoms with van der Waals surface area (Å²) in [4.78, 5) is 31.3. The number of carbonyl (C=O) groups is 2. The summed E-state index contributed by atoms with van der Waals surface area (Å²) >= 11 is 0. The highest BCUT2D eigenvalue weighted by Gasteiger charge is 2.39. The van der Waals surface area contributed by atoms with Crippen LogP contribution in [0.5, 0.6) is 0 Å². The Balaban J connectivity index is 1.53. The van der Waals surface area contributed by atoms with Gasteiger partial charge in [-0.15, -0.1) is 0 Å². The number of rotatable bonds is 4. The molecule has 0 unspecified atom stereocenters. The molecule has 26 heavy (non-hydrogen) atoms. The number of piperidine rings is 1. The number of benzene rings is 1. The molecule has 0 bridgehead atoms. The fourth-order valence-electron chi connectivity index (χ4n) is 3.45. The summed E-state index contributed by atoms with van der Waals surface area (Å²) in [5.74, 6) is 1.20. The fraction of sp³-hybridized carbons (Fsp3) is 0.474. The molecule has 7 nitrogen and oxygen atoms in total. The number of likely N-dealkylation sites (tertiary alicyclic amines) is 1. The first kappa shape index (κ1) is 16.8. The lowest BCUT2D eigenvalue weighted by Crippen LogP contribution is -2.53. The minimum Gasteiger partial charge on any atom is -0.351 e. The zero-order valence-corrected chi connectivity index (χ0v) is 14.7. The Bertz CT molecular complexity index is 800. The lowest BCUT2D eigenvalue weighted by molar-refractivity contribution is -0.123.